The molecule has 3 heterocycles. The van der Waals surface area contributed by atoms with Crippen LogP contribution < -0.4 is 19.9 Å². The number of nitriles is 1. The van der Waals surface area contributed by atoms with Crippen molar-refractivity contribution < 1.29 is 14.2 Å². The van der Waals surface area contributed by atoms with E-state index in [9.17, 15) is 5.26 Å². The molecule has 156 valence electrons. The van der Waals surface area contributed by atoms with E-state index in [0.717, 1.165) is 21.7 Å². The lowest BCUT2D eigenvalue weighted by atomic mass is 9.82. The molecule has 0 amide bonds. The average molecular weight is 442 g/mol. The molecule has 32 heavy (non-hydrogen) atoms. The van der Waals surface area contributed by atoms with E-state index in [0.29, 0.717) is 52.3 Å². The number of nitrogens with zero attached hydrogens (tertiary/aromatic N) is 2. The minimum Gasteiger partial charge on any atom is -0.486 e. The number of allylic oxidation sites excluding steroid dienone is 1. The highest BCUT2D eigenvalue weighted by Crippen LogP contribution is 2.47. The van der Waals surface area contributed by atoms with Crippen LogP contribution in [-0.2, 0) is 0 Å². The molecule has 0 saturated carbocycles. The summed E-state index contributed by atoms with van der Waals surface area (Å²) in [5, 5.41) is 13.0. The molecule has 0 bridgehead atoms. The number of rotatable bonds is 1. The molecule has 6 rings (SSSR count). The molecule has 3 aromatic carbocycles. The van der Waals surface area contributed by atoms with Crippen molar-refractivity contribution in [3.05, 3.63) is 82.3 Å². The van der Waals surface area contributed by atoms with E-state index in [2.05, 4.69) is 11.1 Å². The van der Waals surface area contributed by atoms with Crippen LogP contribution in [0, 0.1) is 11.3 Å². The molecule has 0 radical (unpaired) electrons. The summed E-state index contributed by atoms with van der Waals surface area (Å²) in [6.07, 6.45) is 0. The van der Waals surface area contributed by atoms with Gasteiger partial charge in [0.05, 0.1) is 11.4 Å². The molecule has 0 fully saturated rings. The Morgan fingerprint density at radius 1 is 0.969 bits per heavy atom. The molecular formula is C25H16ClN3O3. The van der Waals surface area contributed by atoms with Crippen molar-refractivity contribution in [2.75, 3.05) is 13.2 Å². The molecule has 4 aromatic rings. The van der Waals surface area contributed by atoms with E-state index < -0.39 is 5.92 Å². The lowest BCUT2D eigenvalue weighted by molar-refractivity contribution is 0.172. The van der Waals surface area contributed by atoms with Crippen LogP contribution in [0.2, 0.25) is 5.15 Å². The van der Waals surface area contributed by atoms with Gasteiger partial charge in [0, 0.05) is 28.0 Å². The van der Waals surface area contributed by atoms with Crippen LogP contribution in [0.4, 0.5) is 0 Å². The van der Waals surface area contributed by atoms with Crippen LogP contribution in [0.5, 0.6) is 17.2 Å². The largest absolute Gasteiger partial charge is 0.486 e. The number of nitrogens with two attached hydrogens (primary N) is 1. The molecule has 6 nitrogen and oxygen atoms in total. The van der Waals surface area contributed by atoms with E-state index in [1.165, 1.54) is 0 Å². The molecule has 1 atom stereocenters. The molecule has 0 spiro atoms. The molecule has 0 aliphatic carbocycles. The molecule has 1 unspecified atom stereocenters. The Bertz CT molecular complexity index is 1510. The molecule has 2 aliphatic rings. The van der Waals surface area contributed by atoms with E-state index in [1.807, 2.05) is 54.6 Å². The van der Waals surface area contributed by atoms with Gasteiger partial charge in [-0.25, -0.2) is 4.98 Å². The monoisotopic (exact) mass is 441 g/mol. The smallest absolute Gasteiger partial charge is 0.205 e. The van der Waals surface area contributed by atoms with Gasteiger partial charge in [0.2, 0.25) is 5.88 Å². The Hall–Kier alpha value is -3.95. The average Bonchev–Trinajstić information content (AvgIpc) is 2.81. The molecule has 0 saturated heterocycles. The van der Waals surface area contributed by atoms with Crippen LogP contribution in [0.25, 0.3) is 21.7 Å². The van der Waals surface area contributed by atoms with E-state index in [1.54, 1.807) is 0 Å². The minimum absolute atomic E-state index is 0.0692. The zero-order chi connectivity index (χ0) is 21.8. The molecule has 1 aromatic heterocycles. The topological polar surface area (TPSA) is 90.4 Å². The fourth-order valence-electron chi connectivity index (χ4n) is 4.41. The first-order valence-electron chi connectivity index (χ1n) is 10.1. The lowest BCUT2D eigenvalue weighted by Crippen LogP contribution is -2.21. The Morgan fingerprint density at radius 3 is 2.56 bits per heavy atom. The highest BCUT2D eigenvalue weighted by Gasteiger charge is 2.33. The second-order valence-corrected chi connectivity index (χ2v) is 8.04. The van der Waals surface area contributed by atoms with Gasteiger partial charge in [-0.1, -0.05) is 48.0 Å². The maximum atomic E-state index is 9.93. The highest BCUT2D eigenvalue weighted by molar-refractivity contribution is 6.30. The fraction of sp³-hybridized carbons (Fsp3) is 0.120. The summed E-state index contributed by atoms with van der Waals surface area (Å²) < 4.78 is 17.3. The van der Waals surface area contributed by atoms with Crippen LogP contribution >= 0.6 is 11.6 Å². The van der Waals surface area contributed by atoms with Gasteiger partial charge in [-0.15, -0.1) is 0 Å². The van der Waals surface area contributed by atoms with Gasteiger partial charge in [-0.05, 0) is 17.5 Å². The van der Waals surface area contributed by atoms with Crippen molar-refractivity contribution in [3.63, 3.8) is 0 Å². The number of benzene rings is 3. The Morgan fingerprint density at radius 2 is 1.75 bits per heavy atom. The first-order valence-corrected chi connectivity index (χ1v) is 10.5. The van der Waals surface area contributed by atoms with Crippen LogP contribution in [0.15, 0.2) is 66.1 Å². The number of hydrogen-bond donors (Lipinski definition) is 1. The number of pyridine rings is 1. The second-order valence-electron chi connectivity index (χ2n) is 7.69. The SMILES string of the molecule is N#CC1=C(N)Oc2c(ccc3ccccc23)C1c1cc2cc3c(cc2nc1Cl)OCCO3. The number of hydrogen-bond acceptors (Lipinski definition) is 6. The summed E-state index contributed by atoms with van der Waals surface area (Å²) >= 11 is 6.68. The number of halogens is 1. The maximum Gasteiger partial charge on any atom is 0.205 e. The van der Waals surface area contributed by atoms with E-state index >= 15 is 0 Å². The van der Waals surface area contributed by atoms with Gasteiger partial charge in [-0.2, -0.15) is 5.26 Å². The van der Waals surface area contributed by atoms with Gasteiger partial charge in [0.1, 0.15) is 35.8 Å². The molecule has 2 N–H and O–H groups in total. The van der Waals surface area contributed by atoms with Gasteiger partial charge >= 0.3 is 0 Å². The third-order valence-corrected chi connectivity index (χ3v) is 6.18. The Balaban J connectivity index is 1.61. The summed E-state index contributed by atoms with van der Waals surface area (Å²) in [4.78, 5) is 4.60. The zero-order valence-electron chi connectivity index (χ0n) is 16.8. The third kappa shape index (κ3) is 2.75. The van der Waals surface area contributed by atoms with Crippen molar-refractivity contribution in [1.82, 2.24) is 4.98 Å². The zero-order valence-corrected chi connectivity index (χ0v) is 17.5. The Kier molecular flexibility index (Phi) is 4.14. The van der Waals surface area contributed by atoms with E-state index in [-0.39, 0.29) is 5.88 Å². The van der Waals surface area contributed by atoms with Crippen molar-refractivity contribution in [3.8, 4) is 23.3 Å². The first-order chi connectivity index (χ1) is 15.6. The normalized spacial score (nSPS) is 17.1. The number of aromatic nitrogens is 1. The number of ether oxygens (including phenoxy) is 3. The summed E-state index contributed by atoms with van der Waals surface area (Å²) in [7, 11) is 0. The van der Waals surface area contributed by atoms with Crippen molar-refractivity contribution in [1.29, 1.82) is 5.26 Å². The first kappa shape index (κ1) is 18.8. The van der Waals surface area contributed by atoms with Crippen molar-refractivity contribution >= 4 is 33.3 Å². The summed E-state index contributed by atoms with van der Waals surface area (Å²) in [5.74, 6) is 1.49. The molecule has 7 heteroatoms. The van der Waals surface area contributed by atoms with Gasteiger partial charge in [-0.3, -0.25) is 0 Å². The predicted octanol–water partition coefficient (Wildman–Crippen LogP) is 5.03. The quantitative estimate of drug-likeness (QED) is 0.416. The van der Waals surface area contributed by atoms with E-state index in [4.69, 9.17) is 31.5 Å². The van der Waals surface area contributed by atoms with Crippen molar-refractivity contribution in [2.45, 2.75) is 5.92 Å². The van der Waals surface area contributed by atoms with Gasteiger partial charge < -0.3 is 19.9 Å². The van der Waals surface area contributed by atoms with Crippen LogP contribution in [0.3, 0.4) is 0 Å². The van der Waals surface area contributed by atoms with Gasteiger partial charge in [0.15, 0.2) is 11.5 Å². The maximum absolute atomic E-state index is 9.93. The van der Waals surface area contributed by atoms with Crippen LogP contribution in [-0.4, -0.2) is 18.2 Å². The summed E-state index contributed by atoms with van der Waals surface area (Å²) in [6, 6.07) is 19.7. The third-order valence-electron chi connectivity index (χ3n) is 5.88. The standard InChI is InChI=1S/C25H16ClN3O3/c26-24-17(9-14-10-20-21(11-19(14)29-24)31-8-7-30-20)22-16-6-5-13-3-1-2-4-15(13)23(16)32-25(28)18(22)12-27/h1-6,9-11,22H,7-8,28H2. The van der Waals surface area contributed by atoms with Gasteiger partial charge in [0.25, 0.3) is 0 Å². The van der Waals surface area contributed by atoms with Crippen molar-refractivity contribution in [2.24, 2.45) is 5.73 Å². The number of fused-ring (bicyclic) bond motifs is 5. The highest BCUT2D eigenvalue weighted by atomic mass is 35.5. The molecule has 2 aliphatic heterocycles. The Labute approximate surface area is 188 Å². The fourth-order valence-corrected chi connectivity index (χ4v) is 4.67. The summed E-state index contributed by atoms with van der Waals surface area (Å²) in [6.45, 7) is 0.984. The second kappa shape index (κ2) is 7.04. The van der Waals surface area contributed by atoms with Crippen LogP contribution in [0.1, 0.15) is 17.0 Å². The predicted molar refractivity (Wildman–Crippen MR) is 121 cm³/mol. The lowest BCUT2D eigenvalue weighted by Gasteiger charge is -2.28. The molecular weight excluding hydrogens is 426 g/mol. The minimum atomic E-state index is -0.508. The summed E-state index contributed by atoms with van der Waals surface area (Å²) in [5.41, 5.74) is 8.69.